The maximum Gasteiger partial charge on any atom is 0.160 e. The first kappa shape index (κ1) is 9.48. The lowest BCUT2D eigenvalue weighted by Crippen LogP contribution is -1.72. The second-order valence-electron chi connectivity index (χ2n) is 2.61. The quantitative estimate of drug-likeness (QED) is 0.483. The SMILES string of the molecule is O=Cc1cc2c(I)cc(S)cc2s1. The van der Waals surface area contributed by atoms with Crippen molar-refractivity contribution in [3.05, 3.63) is 26.6 Å². The van der Waals surface area contributed by atoms with Gasteiger partial charge >= 0.3 is 0 Å². The lowest BCUT2D eigenvalue weighted by atomic mass is 10.2. The molecule has 0 amide bonds. The van der Waals surface area contributed by atoms with Crippen LogP contribution in [0.4, 0.5) is 0 Å². The van der Waals surface area contributed by atoms with Crippen LogP contribution in [0.2, 0.25) is 0 Å². The Morgan fingerprint density at radius 3 is 2.85 bits per heavy atom. The number of benzene rings is 1. The van der Waals surface area contributed by atoms with Crippen molar-refractivity contribution in [2.24, 2.45) is 0 Å². The van der Waals surface area contributed by atoms with Gasteiger partial charge < -0.3 is 0 Å². The van der Waals surface area contributed by atoms with Crippen molar-refractivity contribution in [3.8, 4) is 0 Å². The number of thiol groups is 1. The summed E-state index contributed by atoms with van der Waals surface area (Å²) in [4.78, 5) is 12.3. The zero-order chi connectivity index (χ0) is 9.42. The van der Waals surface area contributed by atoms with E-state index >= 15 is 0 Å². The number of carbonyl (C=O) groups excluding carboxylic acids is 1. The van der Waals surface area contributed by atoms with Crippen LogP contribution in [0.15, 0.2) is 23.1 Å². The van der Waals surface area contributed by atoms with Crippen LogP contribution in [-0.2, 0) is 0 Å². The molecular formula is C9H5IOS2. The average molecular weight is 320 g/mol. The molecule has 0 aliphatic heterocycles. The number of fused-ring (bicyclic) bond motifs is 1. The first-order chi connectivity index (χ1) is 6.20. The minimum Gasteiger partial charge on any atom is -0.297 e. The Morgan fingerprint density at radius 1 is 1.38 bits per heavy atom. The van der Waals surface area contributed by atoms with E-state index in [-0.39, 0.29) is 0 Å². The van der Waals surface area contributed by atoms with Crippen molar-refractivity contribution in [2.75, 3.05) is 0 Å². The highest BCUT2D eigenvalue weighted by Crippen LogP contribution is 2.30. The van der Waals surface area contributed by atoms with Crippen LogP contribution in [0.5, 0.6) is 0 Å². The summed E-state index contributed by atoms with van der Waals surface area (Å²) in [7, 11) is 0. The number of carbonyl (C=O) groups is 1. The summed E-state index contributed by atoms with van der Waals surface area (Å²) < 4.78 is 2.27. The molecule has 1 aromatic carbocycles. The molecule has 4 heteroatoms. The third-order valence-electron chi connectivity index (χ3n) is 1.71. The van der Waals surface area contributed by atoms with Gasteiger partial charge in [-0.1, -0.05) is 0 Å². The molecule has 66 valence electrons. The molecule has 0 aliphatic rings. The molecule has 1 nitrogen and oxygen atoms in total. The number of hydrogen-bond acceptors (Lipinski definition) is 3. The standard InChI is InChI=1S/C9H5IOS2/c10-8-1-5(12)2-9-7(8)3-6(4-11)13-9/h1-4,12H. The molecule has 2 rings (SSSR count). The van der Waals surface area contributed by atoms with Crippen LogP contribution in [-0.4, -0.2) is 6.29 Å². The molecule has 0 aliphatic carbocycles. The van der Waals surface area contributed by atoms with Crippen LogP contribution in [0, 0.1) is 3.57 Å². The van der Waals surface area contributed by atoms with E-state index in [0.29, 0.717) is 0 Å². The van der Waals surface area contributed by atoms with Crippen molar-refractivity contribution >= 4 is 62.9 Å². The zero-order valence-electron chi connectivity index (χ0n) is 6.45. The lowest BCUT2D eigenvalue weighted by Gasteiger charge is -1.95. The molecule has 0 fully saturated rings. The van der Waals surface area contributed by atoms with E-state index in [1.54, 1.807) is 0 Å². The van der Waals surface area contributed by atoms with E-state index in [4.69, 9.17) is 0 Å². The van der Waals surface area contributed by atoms with Gasteiger partial charge in [0.2, 0.25) is 0 Å². The summed E-state index contributed by atoms with van der Waals surface area (Å²) in [6.45, 7) is 0. The van der Waals surface area contributed by atoms with Crippen molar-refractivity contribution in [2.45, 2.75) is 4.90 Å². The zero-order valence-corrected chi connectivity index (χ0v) is 10.3. The number of rotatable bonds is 1. The van der Waals surface area contributed by atoms with Gasteiger partial charge in [0.05, 0.1) is 4.88 Å². The molecular weight excluding hydrogens is 315 g/mol. The molecule has 2 aromatic rings. The Hall–Kier alpha value is -0.0700. The maximum atomic E-state index is 10.6. The second-order valence-corrected chi connectivity index (χ2v) is 5.40. The molecule has 1 aromatic heterocycles. The summed E-state index contributed by atoms with van der Waals surface area (Å²) >= 11 is 8.04. The second kappa shape index (κ2) is 3.59. The van der Waals surface area contributed by atoms with E-state index < -0.39 is 0 Å². The summed E-state index contributed by atoms with van der Waals surface area (Å²) in [6, 6.07) is 5.90. The largest absolute Gasteiger partial charge is 0.297 e. The summed E-state index contributed by atoms with van der Waals surface area (Å²) in [5.74, 6) is 0. The number of halogens is 1. The van der Waals surface area contributed by atoms with Crippen LogP contribution < -0.4 is 0 Å². The van der Waals surface area contributed by atoms with Crippen molar-refractivity contribution < 1.29 is 4.79 Å². The smallest absolute Gasteiger partial charge is 0.160 e. The Balaban J connectivity index is 2.82. The highest BCUT2D eigenvalue weighted by atomic mass is 127. The van der Waals surface area contributed by atoms with E-state index in [1.807, 2.05) is 18.2 Å². The Labute approximate surface area is 98.7 Å². The maximum absolute atomic E-state index is 10.6. The fourth-order valence-electron chi connectivity index (χ4n) is 1.16. The summed E-state index contributed by atoms with van der Waals surface area (Å²) in [5, 5.41) is 1.14. The number of thiophene rings is 1. The fraction of sp³-hybridized carbons (Fsp3) is 0. The average Bonchev–Trinajstić information content (AvgIpc) is 2.47. The molecule has 0 unspecified atom stereocenters. The summed E-state index contributed by atoms with van der Waals surface area (Å²) in [6.07, 6.45) is 0.888. The van der Waals surface area contributed by atoms with E-state index in [2.05, 4.69) is 35.2 Å². The highest BCUT2D eigenvalue weighted by molar-refractivity contribution is 14.1. The fourth-order valence-corrected chi connectivity index (χ4v) is 3.66. The normalized spacial score (nSPS) is 10.6. The Morgan fingerprint density at radius 2 is 2.15 bits per heavy atom. The predicted molar refractivity (Wildman–Crippen MR) is 67.2 cm³/mol. The molecule has 13 heavy (non-hydrogen) atoms. The number of aldehydes is 1. The Kier molecular flexibility index (Phi) is 2.62. The minimum absolute atomic E-state index is 0.770. The monoisotopic (exact) mass is 320 g/mol. The van der Waals surface area contributed by atoms with Crippen LogP contribution in [0.3, 0.4) is 0 Å². The van der Waals surface area contributed by atoms with Gasteiger partial charge in [0, 0.05) is 18.6 Å². The van der Waals surface area contributed by atoms with Crippen LogP contribution >= 0.6 is 46.6 Å². The van der Waals surface area contributed by atoms with Gasteiger partial charge in [0.15, 0.2) is 6.29 Å². The molecule has 1 heterocycles. The molecule has 0 bridgehead atoms. The van der Waals surface area contributed by atoms with Crippen molar-refractivity contribution in [1.29, 1.82) is 0 Å². The summed E-state index contributed by atoms with van der Waals surface area (Å²) in [5.41, 5.74) is 0. The first-order valence-corrected chi connectivity index (χ1v) is 5.92. The lowest BCUT2D eigenvalue weighted by molar-refractivity contribution is 0.112. The third kappa shape index (κ3) is 1.75. The van der Waals surface area contributed by atoms with Gasteiger partial charge in [0.25, 0.3) is 0 Å². The van der Waals surface area contributed by atoms with E-state index in [0.717, 1.165) is 29.7 Å². The third-order valence-corrected chi connectivity index (χ3v) is 3.87. The molecule has 0 N–H and O–H groups in total. The molecule has 0 atom stereocenters. The molecule has 0 saturated heterocycles. The van der Waals surface area contributed by atoms with Gasteiger partial charge in [-0.25, -0.2) is 0 Å². The van der Waals surface area contributed by atoms with Crippen LogP contribution in [0.25, 0.3) is 10.1 Å². The minimum atomic E-state index is 0.770. The molecule has 0 saturated carbocycles. The van der Waals surface area contributed by atoms with Gasteiger partial charge in [-0.2, -0.15) is 0 Å². The first-order valence-electron chi connectivity index (χ1n) is 3.58. The predicted octanol–water partition coefficient (Wildman–Crippen LogP) is 3.61. The molecule has 0 spiro atoms. The van der Waals surface area contributed by atoms with Gasteiger partial charge in [-0.15, -0.1) is 24.0 Å². The van der Waals surface area contributed by atoms with E-state index in [9.17, 15) is 4.79 Å². The Bertz CT molecular complexity index is 476. The van der Waals surface area contributed by atoms with Gasteiger partial charge in [-0.05, 0) is 40.8 Å². The molecule has 0 radical (unpaired) electrons. The van der Waals surface area contributed by atoms with Gasteiger partial charge in [0.1, 0.15) is 0 Å². The van der Waals surface area contributed by atoms with Crippen molar-refractivity contribution in [1.82, 2.24) is 0 Å². The van der Waals surface area contributed by atoms with Crippen molar-refractivity contribution in [3.63, 3.8) is 0 Å². The number of hydrogen-bond donors (Lipinski definition) is 1. The van der Waals surface area contributed by atoms with E-state index in [1.165, 1.54) is 11.3 Å². The van der Waals surface area contributed by atoms with Gasteiger partial charge in [-0.3, -0.25) is 4.79 Å². The topological polar surface area (TPSA) is 17.1 Å². The highest BCUT2D eigenvalue weighted by Gasteiger charge is 2.04. The van der Waals surface area contributed by atoms with Crippen LogP contribution in [0.1, 0.15) is 9.67 Å².